The van der Waals surface area contributed by atoms with Gasteiger partial charge in [0, 0.05) is 19.3 Å². The number of carbonyl (C=O) groups is 1. The van der Waals surface area contributed by atoms with Crippen molar-refractivity contribution in [3.05, 3.63) is 23.5 Å². The van der Waals surface area contributed by atoms with Crippen molar-refractivity contribution in [1.29, 1.82) is 0 Å². The number of rotatable bonds is 5. The molecule has 0 aliphatic carbocycles. The van der Waals surface area contributed by atoms with Gasteiger partial charge in [0.25, 0.3) is 0 Å². The second-order valence-corrected chi connectivity index (χ2v) is 6.09. The van der Waals surface area contributed by atoms with E-state index in [0.717, 1.165) is 12.1 Å². The van der Waals surface area contributed by atoms with E-state index in [1.165, 1.54) is 11.3 Å². The van der Waals surface area contributed by atoms with E-state index in [9.17, 15) is 4.79 Å². The van der Waals surface area contributed by atoms with E-state index >= 15 is 0 Å². The van der Waals surface area contributed by atoms with Crippen LogP contribution < -0.4 is 5.32 Å². The van der Waals surface area contributed by atoms with Crippen LogP contribution in [0.25, 0.3) is 0 Å². The molecule has 9 heteroatoms. The Bertz CT molecular complexity index is 614. The van der Waals surface area contributed by atoms with Gasteiger partial charge in [0.2, 0.25) is 11.0 Å². The Labute approximate surface area is 132 Å². The largest absolute Gasteiger partial charge is 0.374 e. The molecule has 0 aromatic carbocycles. The highest BCUT2D eigenvalue weighted by molar-refractivity contribution is 7.13. The normalized spacial score (nSPS) is 19.2. The molecule has 8 nitrogen and oxygen atoms in total. The summed E-state index contributed by atoms with van der Waals surface area (Å²) in [6.45, 7) is 5.12. The van der Waals surface area contributed by atoms with Gasteiger partial charge in [-0.1, -0.05) is 11.3 Å². The molecule has 1 amide bonds. The van der Waals surface area contributed by atoms with Gasteiger partial charge in [-0.15, -0.1) is 10.2 Å². The predicted octanol–water partition coefficient (Wildman–Crippen LogP) is 0.383. The monoisotopic (exact) mass is 322 g/mol. The molecule has 0 radical (unpaired) electrons. The second-order valence-electron chi connectivity index (χ2n) is 5.26. The Morgan fingerprint density at radius 3 is 3.23 bits per heavy atom. The summed E-state index contributed by atoms with van der Waals surface area (Å²) in [7, 11) is 0. The number of hydrogen-bond donors (Lipinski definition) is 1. The van der Waals surface area contributed by atoms with Gasteiger partial charge in [0.15, 0.2) is 0 Å². The SMILES string of the molecule is Cc1cnn(C[C@@H]2CN(CC(=O)Nc3nncs3)CCO2)c1. The van der Waals surface area contributed by atoms with Gasteiger partial charge in [-0.2, -0.15) is 5.10 Å². The maximum atomic E-state index is 12.0. The first-order valence-corrected chi connectivity index (χ1v) is 7.96. The number of anilines is 1. The van der Waals surface area contributed by atoms with Crippen molar-refractivity contribution in [3.8, 4) is 0 Å². The van der Waals surface area contributed by atoms with Crippen LogP contribution >= 0.6 is 11.3 Å². The smallest absolute Gasteiger partial charge is 0.240 e. The summed E-state index contributed by atoms with van der Waals surface area (Å²) in [5, 5.41) is 15.0. The Kier molecular flexibility index (Phi) is 4.76. The summed E-state index contributed by atoms with van der Waals surface area (Å²) in [5.74, 6) is -0.0765. The summed E-state index contributed by atoms with van der Waals surface area (Å²) in [5.41, 5.74) is 2.72. The summed E-state index contributed by atoms with van der Waals surface area (Å²) >= 11 is 1.31. The van der Waals surface area contributed by atoms with Crippen LogP contribution in [-0.4, -0.2) is 63.1 Å². The lowest BCUT2D eigenvalue weighted by Gasteiger charge is -2.32. The van der Waals surface area contributed by atoms with Crippen molar-refractivity contribution in [2.24, 2.45) is 0 Å². The average Bonchev–Trinajstić information content (AvgIpc) is 3.11. The van der Waals surface area contributed by atoms with Crippen LogP contribution in [-0.2, 0) is 16.1 Å². The summed E-state index contributed by atoms with van der Waals surface area (Å²) in [6.07, 6.45) is 3.86. The molecule has 2 aromatic rings. The third-order valence-electron chi connectivity index (χ3n) is 3.35. The lowest BCUT2D eigenvalue weighted by molar-refractivity contribution is -0.119. The number of nitrogens with one attached hydrogen (secondary N) is 1. The number of aryl methyl sites for hydroxylation is 1. The first kappa shape index (κ1) is 15.1. The molecule has 3 rings (SSSR count). The maximum absolute atomic E-state index is 12.0. The molecule has 2 aromatic heterocycles. The van der Waals surface area contributed by atoms with Crippen LogP contribution in [0.2, 0.25) is 0 Å². The zero-order chi connectivity index (χ0) is 15.4. The van der Waals surface area contributed by atoms with E-state index in [2.05, 4.69) is 25.5 Å². The molecule has 0 saturated carbocycles. The fraction of sp³-hybridized carbons (Fsp3) is 0.538. The fourth-order valence-electron chi connectivity index (χ4n) is 2.40. The van der Waals surface area contributed by atoms with E-state index < -0.39 is 0 Å². The van der Waals surface area contributed by atoms with E-state index in [4.69, 9.17) is 4.74 Å². The highest BCUT2D eigenvalue weighted by Crippen LogP contribution is 2.10. The number of amides is 1. The van der Waals surface area contributed by atoms with Gasteiger partial charge in [0.05, 0.1) is 32.0 Å². The van der Waals surface area contributed by atoms with Crippen LogP contribution in [0.4, 0.5) is 5.13 Å². The molecule has 1 aliphatic rings. The minimum absolute atomic E-state index is 0.0439. The average molecular weight is 322 g/mol. The fourth-order valence-corrected chi connectivity index (χ4v) is 2.86. The maximum Gasteiger partial charge on any atom is 0.240 e. The van der Waals surface area contributed by atoms with E-state index in [0.29, 0.717) is 31.4 Å². The topological polar surface area (TPSA) is 85.2 Å². The number of carbonyl (C=O) groups excluding carboxylic acids is 1. The Morgan fingerprint density at radius 1 is 1.59 bits per heavy atom. The molecule has 1 atom stereocenters. The molecule has 3 heterocycles. The molecule has 0 unspecified atom stereocenters. The van der Waals surface area contributed by atoms with Gasteiger partial charge in [-0.05, 0) is 12.5 Å². The van der Waals surface area contributed by atoms with Crippen LogP contribution in [0.5, 0.6) is 0 Å². The molecule has 0 spiro atoms. The lowest BCUT2D eigenvalue weighted by atomic mass is 10.2. The van der Waals surface area contributed by atoms with E-state index in [1.807, 2.05) is 24.0 Å². The van der Waals surface area contributed by atoms with Crippen molar-refractivity contribution in [2.45, 2.75) is 19.6 Å². The van der Waals surface area contributed by atoms with E-state index in [-0.39, 0.29) is 12.0 Å². The zero-order valence-corrected chi connectivity index (χ0v) is 13.1. The van der Waals surface area contributed by atoms with Crippen molar-refractivity contribution in [1.82, 2.24) is 24.9 Å². The first-order chi connectivity index (χ1) is 10.7. The van der Waals surface area contributed by atoms with Gasteiger partial charge in [0.1, 0.15) is 5.51 Å². The number of ether oxygens (including phenoxy) is 1. The number of aromatic nitrogens is 4. The highest BCUT2D eigenvalue weighted by atomic mass is 32.1. The van der Waals surface area contributed by atoms with Crippen molar-refractivity contribution < 1.29 is 9.53 Å². The van der Waals surface area contributed by atoms with Crippen LogP contribution in [0.1, 0.15) is 5.56 Å². The Morgan fingerprint density at radius 2 is 2.50 bits per heavy atom. The zero-order valence-electron chi connectivity index (χ0n) is 12.3. The molecule has 1 saturated heterocycles. The Balaban J connectivity index is 1.48. The van der Waals surface area contributed by atoms with Gasteiger partial charge in [-0.3, -0.25) is 19.7 Å². The van der Waals surface area contributed by atoms with E-state index in [1.54, 1.807) is 5.51 Å². The molecule has 1 N–H and O–H groups in total. The standard InChI is InChI=1S/C13H18N6O2S/c1-10-4-15-19(5-10)7-11-6-18(2-3-21-11)8-12(20)16-13-17-14-9-22-13/h4-5,9,11H,2-3,6-8H2,1H3,(H,16,17,20)/t11-/m0/s1. The number of hydrogen-bond acceptors (Lipinski definition) is 7. The summed E-state index contributed by atoms with van der Waals surface area (Å²) in [6, 6.07) is 0. The summed E-state index contributed by atoms with van der Waals surface area (Å²) in [4.78, 5) is 14.1. The second kappa shape index (κ2) is 6.95. The number of morpholine rings is 1. The molecule has 0 bridgehead atoms. The molecule has 22 heavy (non-hydrogen) atoms. The molecule has 118 valence electrons. The van der Waals surface area contributed by atoms with Crippen LogP contribution in [0, 0.1) is 6.92 Å². The predicted molar refractivity (Wildman–Crippen MR) is 81.7 cm³/mol. The number of nitrogens with zero attached hydrogens (tertiary/aromatic N) is 5. The van der Waals surface area contributed by atoms with Gasteiger partial charge in [-0.25, -0.2) is 0 Å². The quantitative estimate of drug-likeness (QED) is 0.857. The minimum atomic E-state index is -0.0765. The molecular formula is C13H18N6O2S. The van der Waals surface area contributed by atoms with Crippen molar-refractivity contribution in [3.63, 3.8) is 0 Å². The van der Waals surface area contributed by atoms with Gasteiger partial charge >= 0.3 is 0 Å². The highest BCUT2D eigenvalue weighted by Gasteiger charge is 2.23. The van der Waals surface area contributed by atoms with Gasteiger partial charge < -0.3 is 4.74 Å². The minimum Gasteiger partial charge on any atom is -0.374 e. The molecular weight excluding hydrogens is 304 g/mol. The van der Waals surface area contributed by atoms with Crippen LogP contribution in [0.15, 0.2) is 17.9 Å². The van der Waals surface area contributed by atoms with Crippen LogP contribution in [0.3, 0.4) is 0 Å². The van der Waals surface area contributed by atoms with Crippen molar-refractivity contribution in [2.75, 3.05) is 31.6 Å². The third kappa shape index (κ3) is 4.09. The van der Waals surface area contributed by atoms with Crippen molar-refractivity contribution >= 4 is 22.4 Å². The Hall–Kier alpha value is -1.84. The third-order valence-corrected chi connectivity index (χ3v) is 3.96. The lowest BCUT2D eigenvalue weighted by Crippen LogP contribution is -2.47. The summed E-state index contributed by atoms with van der Waals surface area (Å²) < 4.78 is 7.63. The molecule has 1 fully saturated rings. The first-order valence-electron chi connectivity index (χ1n) is 7.08. The molecule has 1 aliphatic heterocycles.